The molecule has 1 aromatic rings. The van der Waals surface area contributed by atoms with Gasteiger partial charge in [-0.1, -0.05) is 11.6 Å². The predicted molar refractivity (Wildman–Crippen MR) is 53.0 cm³/mol. The van der Waals surface area contributed by atoms with Gasteiger partial charge in [0.25, 0.3) is 0 Å². The van der Waals surface area contributed by atoms with Gasteiger partial charge in [0, 0.05) is 26.2 Å². The molecule has 0 aliphatic carbocycles. The number of nitrogen functional groups attached to an aromatic ring is 1. The zero-order valence-electron chi connectivity index (χ0n) is 8.03. The van der Waals surface area contributed by atoms with Crippen LogP contribution in [0.4, 0.5) is 5.82 Å². The van der Waals surface area contributed by atoms with E-state index in [4.69, 9.17) is 26.8 Å². The molecule has 0 fully saturated rings. The van der Waals surface area contributed by atoms with Crippen LogP contribution in [0.2, 0.25) is 5.15 Å². The first-order valence-corrected chi connectivity index (χ1v) is 4.37. The largest absolute Gasteiger partial charge is 0.383 e. The average Bonchev–Trinajstić information content (AvgIpc) is 2.18. The molecule has 0 saturated carbocycles. The monoisotopic (exact) mass is 217 g/mol. The van der Waals surface area contributed by atoms with Crippen molar-refractivity contribution in [3.63, 3.8) is 0 Å². The van der Waals surface area contributed by atoms with E-state index in [0.29, 0.717) is 23.0 Å². The third-order valence-corrected chi connectivity index (χ3v) is 2.15. The van der Waals surface area contributed by atoms with Gasteiger partial charge >= 0.3 is 0 Å². The number of nitrogens with two attached hydrogens (primary N) is 1. The van der Waals surface area contributed by atoms with Crippen molar-refractivity contribution < 1.29 is 9.47 Å². The average molecular weight is 218 g/mol. The van der Waals surface area contributed by atoms with Gasteiger partial charge in [-0.2, -0.15) is 0 Å². The molecule has 1 rings (SSSR count). The van der Waals surface area contributed by atoms with Crippen molar-refractivity contribution in [2.45, 2.75) is 12.7 Å². The van der Waals surface area contributed by atoms with Gasteiger partial charge in [-0.05, 0) is 0 Å². The number of nitrogens with zero attached hydrogens (tertiary/aromatic N) is 2. The second kappa shape index (κ2) is 5.09. The highest BCUT2D eigenvalue weighted by Gasteiger charge is 2.13. The zero-order valence-corrected chi connectivity index (χ0v) is 8.78. The Bertz CT molecular complexity index is 284. The lowest BCUT2D eigenvalue weighted by Crippen LogP contribution is -2.18. The first-order valence-electron chi connectivity index (χ1n) is 3.99. The van der Waals surface area contributed by atoms with Gasteiger partial charge in [0.1, 0.15) is 17.3 Å². The highest BCUT2D eigenvalue weighted by atomic mass is 35.5. The second-order valence-corrected chi connectivity index (χ2v) is 2.99. The van der Waals surface area contributed by atoms with Crippen LogP contribution < -0.4 is 5.73 Å². The predicted octanol–water partition coefficient (Wildman–Crippen LogP) is 0.874. The van der Waals surface area contributed by atoms with Gasteiger partial charge < -0.3 is 15.2 Å². The minimum absolute atomic E-state index is 0.330. The number of rotatable bonds is 4. The van der Waals surface area contributed by atoms with Gasteiger partial charge in [0.05, 0.1) is 0 Å². The van der Waals surface area contributed by atoms with Crippen molar-refractivity contribution in [3.8, 4) is 0 Å². The van der Waals surface area contributed by atoms with Crippen molar-refractivity contribution in [3.05, 3.63) is 17.0 Å². The van der Waals surface area contributed by atoms with E-state index in [9.17, 15) is 0 Å². The molecule has 78 valence electrons. The van der Waals surface area contributed by atoms with E-state index < -0.39 is 0 Å². The maximum atomic E-state index is 5.85. The molecule has 0 unspecified atom stereocenters. The fourth-order valence-electron chi connectivity index (χ4n) is 1.02. The first kappa shape index (κ1) is 11.2. The van der Waals surface area contributed by atoms with Crippen LogP contribution in [0.3, 0.4) is 0 Å². The lowest BCUT2D eigenvalue weighted by molar-refractivity contribution is -0.100. The number of ether oxygens (including phenoxy) is 2. The number of methoxy groups -OCH3 is 2. The molecule has 0 atom stereocenters. The second-order valence-electron chi connectivity index (χ2n) is 2.63. The summed E-state index contributed by atoms with van der Waals surface area (Å²) in [7, 11) is 3.09. The number of halogens is 1. The van der Waals surface area contributed by atoms with Crippen LogP contribution >= 0.6 is 11.6 Å². The van der Waals surface area contributed by atoms with E-state index in [0.717, 1.165) is 0 Å². The first-order chi connectivity index (χ1) is 6.69. The van der Waals surface area contributed by atoms with Crippen molar-refractivity contribution in [2.75, 3.05) is 20.0 Å². The van der Waals surface area contributed by atoms with Crippen molar-refractivity contribution in [2.24, 2.45) is 0 Å². The van der Waals surface area contributed by atoms with E-state index in [2.05, 4.69) is 9.97 Å². The molecule has 0 aliphatic heterocycles. The quantitative estimate of drug-likeness (QED) is 0.599. The summed E-state index contributed by atoms with van der Waals surface area (Å²) in [6.45, 7) is 0. The maximum absolute atomic E-state index is 5.85. The lowest BCUT2D eigenvalue weighted by Gasteiger charge is -2.14. The summed E-state index contributed by atoms with van der Waals surface area (Å²) in [5.74, 6) is 0.351. The molecule has 0 bridgehead atoms. The SMILES string of the molecule is COC(Cc1c(N)ncnc1Cl)OC. The topological polar surface area (TPSA) is 70.3 Å². The van der Waals surface area contributed by atoms with Crippen molar-refractivity contribution in [1.82, 2.24) is 9.97 Å². The fourth-order valence-corrected chi connectivity index (χ4v) is 1.24. The van der Waals surface area contributed by atoms with Gasteiger partial charge in [-0.15, -0.1) is 0 Å². The Balaban J connectivity index is 2.84. The van der Waals surface area contributed by atoms with E-state index in [1.54, 1.807) is 14.2 Å². The molecular formula is C8H12ClN3O2. The summed E-state index contributed by atoms with van der Waals surface area (Å²) in [6.07, 6.45) is 1.36. The smallest absolute Gasteiger partial charge is 0.161 e. The molecule has 1 aromatic heterocycles. The third-order valence-electron chi connectivity index (χ3n) is 1.82. The van der Waals surface area contributed by atoms with Gasteiger partial charge in [-0.3, -0.25) is 0 Å². The molecule has 0 saturated heterocycles. The number of anilines is 1. The van der Waals surface area contributed by atoms with E-state index in [-0.39, 0.29) is 6.29 Å². The molecule has 0 spiro atoms. The van der Waals surface area contributed by atoms with Crippen molar-refractivity contribution >= 4 is 17.4 Å². The zero-order chi connectivity index (χ0) is 10.6. The Hall–Kier alpha value is -0.910. The Morgan fingerprint density at radius 2 is 2.07 bits per heavy atom. The molecule has 1 heterocycles. The van der Waals surface area contributed by atoms with Crippen LogP contribution in [0.5, 0.6) is 0 Å². The Morgan fingerprint density at radius 1 is 1.43 bits per heavy atom. The molecule has 0 aliphatic rings. The van der Waals surface area contributed by atoms with Crippen LogP contribution in [0.15, 0.2) is 6.33 Å². The highest BCUT2D eigenvalue weighted by molar-refractivity contribution is 6.30. The van der Waals surface area contributed by atoms with Crippen LogP contribution in [0.1, 0.15) is 5.56 Å². The molecule has 14 heavy (non-hydrogen) atoms. The van der Waals surface area contributed by atoms with Crippen LogP contribution in [0, 0.1) is 0 Å². The maximum Gasteiger partial charge on any atom is 0.161 e. The van der Waals surface area contributed by atoms with Gasteiger partial charge in [0.2, 0.25) is 0 Å². The number of hydrogen-bond acceptors (Lipinski definition) is 5. The highest BCUT2D eigenvalue weighted by Crippen LogP contribution is 2.19. The summed E-state index contributed by atoms with van der Waals surface area (Å²) in [6, 6.07) is 0. The molecule has 0 aromatic carbocycles. The van der Waals surface area contributed by atoms with Crippen LogP contribution in [-0.2, 0) is 15.9 Å². The fraction of sp³-hybridized carbons (Fsp3) is 0.500. The minimum atomic E-state index is -0.388. The summed E-state index contributed by atoms with van der Waals surface area (Å²) >= 11 is 5.85. The number of aromatic nitrogens is 2. The molecule has 0 amide bonds. The third kappa shape index (κ3) is 2.54. The van der Waals surface area contributed by atoms with Crippen LogP contribution in [0.25, 0.3) is 0 Å². The summed E-state index contributed by atoms with van der Waals surface area (Å²) in [5.41, 5.74) is 6.27. The molecular weight excluding hydrogens is 206 g/mol. The standard InChI is InChI=1S/C8H12ClN3O2/c1-13-6(14-2)3-5-7(9)11-4-12-8(5)10/h4,6H,3H2,1-2H3,(H2,10,11,12). The lowest BCUT2D eigenvalue weighted by atomic mass is 10.2. The van der Waals surface area contributed by atoms with E-state index >= 15 is 0 Å². The number of hydrogen-bond donors (Lipinski definition) is 1. The minimum Gasteiger partial charge on any atom is -0.383 e. The van der Waals surface area contributed by atoms with Gasteiger partial charge in [0.15, 0.2) is 6.29 Å². The Labute approximate surface area is 87.2 Å². The molecule has 5 nitrogen and oxygen atoms in total. The van der Waals surface area contributed by atoms with E-state index in [1.807, 2.05) is 0 Å². The van der Waals surface area contributed by atoms with Gasteiger partial charge in [-0.25, -0.2) is 9.97 Å². The summed E-state index contributed by atoms with van der Waals surface area (Å²) in [5, 5.41) is 0.330. The Kier molecular flexibility index (Phi) is 4.06. The van der Waals surface area contributed by atoms with Crippen molar-refractivity contribution in [1.29, 1.82) is 0 Å². The molecule has 6 heteroatoms. The summed E-state index contributed by atoms with van der Waals surface area (Å²) in [4.78, 5) is 7.66. The van der Waals surface area contributed by atoms with E-state index in [1.165, 1.54) is 6.33 Å². The molecule has 0 radical (unpaired) electrons. The normalized spacial score (nSPS) is 10.9. The summed E-state index contributed by atoms with van der Waals surface area (Å²) < 4.78 is 10.0. The van der Waals surface area contributed by atoms with Crippen LogP contribution in [-0.4, -0.2) is 30.5 Å². The Morgan fingerprint density at radius 3 is 2.57 bits per heavy atom. The molecule has 2 N–H and O–H groups in total.